The third-order valence-electron chi connectivity index (χ3n) is 2.86. The molecule has 0 atom stereocenters. The van der Waals surface area contributed by atoms with E-state index in [-0.39, 0.29) is 47.3 Å². The summed E-state index contributed by atoms with van der Waals surface area (Å²) in [4.78, 5) is 11.3. The fourth-order valence-electron chi connectivity index (χ4n) is 1.88. The third-order valence-corrected chi connectivity index (χ3v) is 3.77. The number of phenols is 1. The molecule has 0 aliphatic carbocycles. The average molecular weight is 356 g/mol. The van der Waals surface area contributed by atoms with Crippen LogP contribution in [0.15, 0.2) is 58.5 Å². The molecular weight excluding hydrogens is 343 g/mol. The summed E-state index contributed by atoms with van der Waals surface area (Å²) in [5.74, 6) is -0.400. The van der Waals surface area contributed by atoms with Crippen molar-refractivity contribution in [3.63, 3.8) is 0 Å². The molecule has 7 nitrogen and oxygen atoms in total. The van der Waals surface area contributed by atoms with Crippen molar-refractivity contribution in [1.82, 2.24) is 5.43 Å². The number of hydrazone groups is 1. The van der Waals surface area contributed by atoms with Gasteiger partial charge in [0.05, 0.1) is 17.5 Å². The summed E-state index contributed by atoms with van der Waals surface area (Å²) in [6.07, 6.45) is 1.08. The Labute approximate surface area is 161 Å². The second kappa shape index (κ2) is 8.95. The molecule has 2 N–H and O–H groups in total. The van der Waals surface area contributed by atoms with Crippen LogP contribution in [0, 0.1) is 0 Å². The molecular formula is C15H13N2NaO5S. The molecule has 2 aromatic carbocycles. The van der Waals surface area contributed by atoms with Crippen molar-refractivity contribution in [3.05, 3.63) is 59.7 Å². The number of amides is 1. The van der Waals surface area contributed by atoms with E-state index in [2.05, 4.69) is 10.5 Å². The summed E-state index contributed by atoms with van der Waals surface area (Å²) in [5.41, 5.74) is 2.91. The number of hydrogen-bond donors (Lipinski definition) is 2. The summed E-state index contributed by atoms with van der Waals surface area (Å²) in [6.45, 7) is 0. The van der Waals surface area contributed by atoms with Crippen LogP contribution in [0.3, 0.4) is 0 Å². The van der Waals surface area contributed by atoms with Gasteiger partial charge in [0, 0.05) is 5.56 Å². The first-order valence-corrected chi connectivity index (χ1v) is 7.92. The summed E-state index contributed by atoms with van der Waals surface area (Å²) in [6, 6.07) is 11.7. The van der Waals surface area contributed by atoms with Crippen LogP contribution in [0.5, 0.6) is 5.75 Å². The number of rotatable bonds is 5. The molecule has 0 unspecified atom stereocenters. The fraction of sp³-hybridized carbons (Fsp3) is 0.0667. The molecule has 1 amide bonds. The van der Waals surface area contributed by atoms with E-state index in [9.17, 15) is 22.9 Å². The van der Waals surface area contributed by atoms with Crippen LogP contribution in [0.2, 0.25) is 0 Å². The Morgan fingerprint density at radius 3 is 2.58 bits per heavy atom. The SMILES string of the molecule is O=C(Cc1cccc(O)c1)N/N=C/c1ccccc1S(=O)(=O)[O-].[Na+]. The van der Waals surface area contributed by atoms with Crippen molar-refractivity contribution in [2.24, 2.45) is 5.10 Å². The zero-order valence-electron chi connectivity index (χ0n) is 12.8. The van der Waals surface area contributed by atoms with Crippen LogP contribution in [-0.4, -0.2) is 30.2 Å². The predicted molar refractivity (Wildman–Crippen MR) is 82.0 cm³/mol. The van der Waals surface area contributed by atoms with Crippen LogP contribution < -0.4 is 35.0 Å². The molecule has 9 heteroatoms. The van der Waals surface area contributed by atoms with E-state index in [1.807, 2.05) is 0 Å². The Bertz CT molecular complexity index is 852. The van der Waals surface area contributed by atoms with Gasteiger partial charge in [0.2, 0.25) is 5.91 Å². The number of nitrogens with one attached hydrogen (secondary N) is 1. The maximum Gasteiger partial charge on any atom is 1.00 e. The molecule has 0 fully saturated rings. The molecule has 24 heavy (non-hydrogen) atoms. The number of carbonyl (C=O) groups excluding carboxylic acids is 1. The number of phenolic OH excluding ortho intramolecular Hbond substituents is 1. The average Bonchev–Trinajstić information content (AvgIpc) is 2.46. The van der Waals surface area contributed by atoms with Crippen molar-refractivity contribution < 1.29 is 52.4 Å². The maximum atomic E-state index is 11.7. The molecule has 0 aliphatic rings. The summed E-state index contributed by atoms with van der Waals surface area (Å²) < 4.78 is 33.3. The van der Waals surface area contributed by atoms with Crippen LogP contribution in [0.1, 0.15) is 11.1 Å². The molecule has 0 bridgehead atoms. The van der Waals surface area contributed by atoms with E-state index < -0.39 is 20.9 Å². The number of hydrogen-bond acceptors (Lipinski definition) is 6. The molecule has 0 aliphatic heterocycles. The Morgan fingerprint density at radius 1 is 1.21 bits per heavy atom. The third kappa shape index (κ3) is 6.06. The van der Waals surface area contributed by atoms with Crippen LogP contribution in [-0.2, 0) is 21.3 Å². The van der Waals surface area contributed by atoms with Crippen LogP contribution in [0.25, 0.3) is 0 Å². The van der Waals surface area contributed by atoms with Gasteiger partial charge >= 0.3 is 29.6 Å². The minimum absolute atomic E-state index is 0. The van der Waals surface area contributed by atoms with Gasteiger partial charge in [-0.15, -0.1) is 0 Å². The van der Waals surface area contributed by atoms with Crippen molar-refractivity contribution in [2.45, 2.75) is 11.3 Å². The molecule has 2 rings (SSSR count). The number of nitrogens with zero attached hydrogens (tertiary/aromatic N) is 1. The topological polar surface area (TPSA) is 119 Å². The van der Waals surface area contributed by atoms with Gasteiger partial charge in [-0.05, 0) is 23.8 Å². The molecule has 0 radical (unpaired) electrons. The van der Waals surface area contributed by atoms with Crippen molar-refractivity contribution in [2.75, 3.05) is 0 Å². The number of benzene rings is 2. The van der Waals surface area contributed by atoms with E-state index in [1.165, 1.54) is 24.3 Å². The first-order chi connectivity index (χ1) is 10.9. The van der Waals surface area contributed by atoms with Crippen LogP contribution >= 0.6 is 0 Å². The number of carbonyl (C=O) groups is 1. The molecule has 0 saturated heterocycles. The van der Waals surface area contributed by atoms with Crippen molar-refractivity contribution in [3.8, 4) is 5.75 Å². The monoisotopic (exact) mass is 356 g/mol. The smallest absolute Gasteiger partial charge is 0.744 e. The van der Waals surface area contributed by atoms with Crippen molar-refractivity contribution in [1.29, 1.82) is 0 Å². The largest absolute Gasteiger partial charge is 1.00 e. The first kappa shape index (κ1) is 20.3. The van der Waals surface area contributed by atoms with Gasteiger partial charge in [-0.2, -0.15) is 5.10 Å². The zero-order chi connectivity index (χ0) is 16.9. The molecule has 0 heterocycles. The fourth-order valence-corrected chi connectivity index (χ4v) is 2.53. The molecule has 0 spiro atoms. The van der Waals surface area contributed by atoms with Gasteiger partial charge in [0.15, 0.2) is 0 Å². The van der Waals surface area contributed by atoms with E-state index in [4.69, 9.17) is 0 Å². The summed E-state index contributed by atoms with van der Waals surface area (Å²) >= 11 is 0. The molecule has 2 aromatic rings. The van der Waals surface area contributed by atoms with E-state index in [0.717, 1.165) is 12.3 Å². The minimum atomic E-state index is -4.62. The first-order valence-electron chi connectivity index (χ1n) is 6.51. The second-order valence-electron chi connectivity index (χ2n) is 4.63. The Hall–Kier alpha value is -1.71. The standard InChI is InChI=1S/C15H14N2O5S.Na/c18-13-6-3-4-11(8-13)9-15(19)17-16-10-12-5-1-2-7-14(12)23(20,21)22;/h1-8,10,18H,9H2,(H,17,19)(H,20,21,22);/q;+1/p-1/b16-10+;. The van der Waals surface area contributed by atoms with Gasteiger partial charge < -0.3 is 9.66 Å². The van der Waals surface area contributed by atoms with E-state index in [0.29, 0.717) is 5.56 Å². The summed E-state index contributed by atoms with van der Waals surface area (Å²) in [7, 11) is -4.62. The maximum absolute atomic E-state index is 11.7. The number of aromatic hydroxyl groups is 1. The Morgan fingerprint density at radius 2 is 1.92 bits per heavy atom. The van der Waals surface area contributed by atoms with Gasteiger partial charge in [-0.25, -0.2) is 13.8 Å². The Balaban J connectivity index is 0.00000288. The quantitative estimate of drug-likeness (QED) is 0.278. The molecule has 0 saturated carbocycles. The molecule has 0 aromatic heterocycles. The van der Waals surface area contributed by atoms with Gasteiger partial charge in [-0.3, -0.25) is 4.79 Å². The van der Waals surface area contributed by atoms with E-state index >= 15 is 0 Å². The van der Waals surface area contributed by atoms with Gasteiger partial charge in [-0.1, -0.05) is 30.3 Å². The van der Waals surface area contributed by atoms with Gasteiger partial charge in [0.1, 0.15) is 15.9 Å². The molecule has 120 valence electrons. The van der Waals surface area contributed by atoms with E-state index in [1.54, 1.807) is 18.2 Å². The normalized spacial score (nSPS) is 11.0. The second-order valence-corrected chi connectivity index (χ2v) is 5.98. The minimum Gasteiger partial charge on any atom is -0.744 e. The zero-order valence-corrected chi connectivity index (χ0v) is 15.7. The van der Waals surface area contributed by atoms with Gasteiger partial charge in [0.25, 0.3) is 0 Å². The summed E-state index contributed by atoms with van der Waals surface area (Å²) in [5, 5.41) is 13.0. The predicted octanol–water partition coefficient (Wildman–Crippen LogP) is -2.01. The van der Waals surface area contributed by atoms with Crippen LogP contribution in [0.4, 0.5) is 0 Å². The Kier molecular flexibility index (Phi) is 7.59. The van der Waals surface area contributed by atoms with Crippen molar-refractivity contribution >= 4 is 22.2 Å².